The van der Waals surface area contributed by atoms with Gasteiger partial charge in [-0.1, -0.05) is 61.6 Å². The first kappa shape index (κ1) is 10.3. The SMILES string of the molecule is CC1(I)CCC(C2CCCCC2)C1. The van der Waals surface area contributed by atoms with Crippen LogP contribution in [0.3, 0.4) is 0 Å². The summed E-state index contributed by atoms with van der Waals surface area (Å²) in [7, 11) is 0. The van der Waals surface area contributed by atoms with Gasteiger partial charge >= 0.3 is 0 Å². The second-order valence-corrected chi connectivity index (χ2v) is 7.92. The van der Waals surface area contributed by atoms with Crippen molar-refractivity contribution in [2.24, 2.45) is 11.8 Å². The van der Waals surface area contributed by atoms with Crippen LogP contribution >= 0.6 is 22.6 Å². The Bertz CT molecular complexity index is 168. The lowest BCUT2D eigenvalue weighted by atomic mass is 9.79. The Morgan fingerprint density at radius 1 is 1.00 bits per heavy atom. The molecular formula is C12H21I. The molecule has 2 unspecified atom stereocenters. The topological polar surface area (TPSA) is 0 Å². The molecule has 0 aromatic heterocycles. The van der Waals surface area contributed by atoms with Gasteiger partial charge < -0.3 is 0 Å². The molecule has 2 aliphatic rings. The molecule has 2 aliphatic carbocycles. The van der Waals surface area contributed by atoms with Crippen LogP contribution in [0, 0.1) is 11.8 Å². The van der Waals surface area contributed by atoms with E-state index < -0.39 is 0 Å². The van der Waals surface area contributed by atoms with Crippen LogP contribution in [0.25, 0.3) is 0 Å². The Morgan fingerprint density at radius 3 is 2.23 bits per heavy atom. The standard InChI is InChI=1S/C12H21I/c1-12(13)8-7-11(9-12)10-5-3-2-4-6-10/h10-11H,2-9H2,1H3. The lowest BCUT2D eigenvalue weighted by Crippen LogP contribution is -2.17. The van der Waals surface area contributed by atoms with Crippen LogP contribution in [-0.2, 0) is 0 Å². The lowest BCUT2D eigenvalue weighted by Gasteiger charge is -2.28. The van der Waals surface area contributed by atoms with Crippen molar-refractivity contribution in [1.29, 1.82) is 0 Å². The van der Waals surface area contributed by atoms with E-state index >= 15 is 0 Å². The first-order chi connectivity index (χ1) is 6.17. The Kier molecular flexibility index (Phi) is 3.22. The Morgan fingerprint density at radius 2 is 1.69 bits per heavy atom. The molecule has 0 amide bonds. The predicted molar refractivity (Wildman–Crippen MR) is 66.3 cm³/mol. The maximum absolute atomic E-state index is 2.68. The molecule has 0 aromatic rings. The van der Waals surface area contributed by atoms with Gasteiger partial charge in [-0.2, -0.15) is 0 Å². The fourth-order valence-electron chi connectivity index (χ4n) is 3.25. The molecule has 2 rings (SSSR count). The van der Waals surface area contributed by atoms with Crippen LogP contribution in [0.5, 0.6) is 0 Å². The van der Waals surface area contributed by atoms with Crippen molar-refractivity contribution in [2.45, 2.75) is 61.7 Å². The predicted octanol–water partition coefficient (Wildman–Crippen LogP) is 4.56. The lowest BCUT2D eigenvalue weighted by molar-refractivity contribution is 0.250. The summed E-state index contributed by atoms with van der Waals surface area (Å²) in [5.41, 5.74) is 0. The van der Waals surface area contributed by atoms with Crippen LogP contribution in [0.15, 0.2) is 0 Å². The summed E-state index contributed by atoms with van der Waals surface area (Å²) in [5.74, 6) is 2.19. The van der Waals surface area contributed by atoms with Crippen LogP contribution in [0.1, 0.15) is 58.3 Å². The van der Waals surface area contributed by atoms with E-state index in [4.69, 9.17) is 0 Å². The molecular weight excluding hydrogens is 271 g/mol. The Balaban J connectivity index is 1.87. The molecule has 0 aliphatic heterocycles. The summed E-state index contributed by atoms with van der Waals surface area (Å²) in [5, 5.41) is 0. The van der Waals surface area contributed by atoms with Gasteiger partial charge in [0, 0.05) is 3.42 Å². The first-order valence-electron chi connectivity index (χ1n) is 5.86. The summed E-state index contributed by atoms with van der Waals surface area (Å²) >= 11 is 2.68. The minimum absolute atomic E-state index is 0.639. The summed E-state index contributed by atoms with van der Waals surface area (Å²) in [6, 6.07) is 0. The second-order valence-electron chi connectivity index (χ2n) is 5.31. The van der Waals surface area contributed by atoms with Gasteiger partial charge in [-0.3, -0.25) is 0 Å². The molecule has 1 heteroatoms. The molecule has 0 aromatic carbocycles. The van der Waals surface area contributed by atoms with E-state index in [0.29, 0.717) is 3.42 Å². The van der Waals surface area contributed by atoms with Gasteiger partial charge in [-0.15, -0.1) is 0 Å². The van der Waals surface area contributed by atoms with Crippen molar-refractivity contribution in [3.63, 3.8) is 0 Å². The normalized spacial score (nSPS) is 42.5. The number of hydrogen-bond acceptors (Lipinski definition) is 0. The molecule has 0 radical (unpaired) electrons. The summed E-state index contributed by atoms with van der Waals surface area (Å²) in [6.07, 6.45) is 12.1. The molecule has 13 heavy (non-hydrogen) atoms. The largest absolute Gasteiger partial charge is 0.0792 e. The van der Waals surface area contributed by atoms with Gasteiger partial charge in [-0.05, 0) is 31.1 Å². The summed E-state index contributed by atoms with van der Waals surface area (Å²) in [4.78, 5) is 0. The number of halogens is 1. The van der Waals surface area contributed by atoms with Crippen LogP contribution in [0.4, 0.5) is 0 Å². The van der Waals surface area contributed by atoms with Crippen molar-refractivity contribution in [3.05, 3.63) is 0 Å². The molecule has 2 fully saturated rings. The summed E-state index contributed by atoms with van der Waals surface area (Å²) < 4.78 is 0.639. The fraction of sp³-hybridized carbons (Fsp3) is 1.00. The Labute approximate surface area is 96.0 Å². The quantitative estimate of drug-likeness (QED) is 0.491. The van der Waals surface area contributed by atoms with Crippen molar-refractivity contribution in [1.82, 2.24) is 0 Å². The number of rotatable bonds is 1. The van der Waals surface area contributed by atoms with Gasteiger partial charge in [0.05, 0.1) is 0 Å². The molecule has 0 N–H and O–H groups in total. The number of hydrogen-bond donors (Lipinski definition) is 0. The third kappa shape index (κ3) is 2.60. The van der Waals surface area contributed by atoms with Crippen LogP contribution in [-0.4, -0.2) is 3.42 Å². The molecule has 0 bridgehead atoms. The van der Waals surface area contributed by atoms with E-state index in [0.717, 1.165) is 11.8 Å². The molecule has 76 valence electrons. The van der Waals surface area contributed by atoms with Crippen molar-refractivity contribution in [3.8, 4) is 0 Å². The van der Waals surface area contributed by atoms with Crippen molar-refractivity contribution < 1.29 is 0 Å². The minimum Gasteiger partial charge on any atom is -0.0792 e. The molecule has 0 heterocycles. The third-order valence-corrected chi connectivity index (χ3v) is 5.02. The van der Waals surface area contributed by atoms with Crippen LogP contribution in [0.2, 0.25) is 0 Å². The van der Waals surface area contributed by atoms with E-state index in [2.05, 4.69) is 29.5 Å². The van der Waals surface area contributed by atoms with Gasteiger partial charge in [0.2, 0.25) is 0 Å². The maximum Gasteiger partial charge on any atom is 0.0197 e. The highest BCUT2D eigenvalue weighted by Gasteiger charge is 2.36. The highest BCUT2D eigenvalue weighted by Crippen LogP contribution is 2.47. The molecule has 0 nitrogen and oxygen atoms in total. The minimum atomic E-state index is 0.639. The number of alkyl halides is 1. The van der Waals surface area contributed by atoms with Gasteiger partial charge in [0.15, 0.2) is 0 Å². The summed E-state index contributed by atoms with van der Waals surface area (Å²) in [6.45, 7) is 2.44. The van der Waals surface area contributed by atoms with Gasteiger partial charge in [0.25, 0.3) is 0 Å². The smallest absolute Gasteiger partial charge is 0.0197 e. The molecule has 0 spiro atoms. The van der Waals surface area contributed by atoms with E-state index in [-0.39, 0.29) is 0 Å². The fourth-order valence-corrected chi connectivity index (χ4v) is 4.12. The molecule has 2 atom stereocenters. The van der Waals surface area contributed by atoms with Gasteiger partial charge in [0.1, 0.15) is 0 Å². The average molecular weight is 292 g/mol. The third-order valence-electron chi connectivity index (χ3n) is 4.04. The highest BCUT2D eigenvalue weighted by atomic mass is 127. The molecule has 0 saturated heterocycles. The van der Waals surface area contributed by atoms with Crippen molar-refractivity contribution >= 4 is 22.6 Å². The van der Waals surface area contributed by atoms with E-state index in [1.54, 1.807) is 0 Å². The Hall–Kier alpha value is 0.730. The molecule has 2 saturated carbocycles. The zero-order valence-electron chi connectivity index (χ0n) is 8.69. The monoisotopic (exact) mass is 292 g/mol. The zero-order chi connectivity index (χ0) is 9.31. The zero-order valence-corrected chi connectivity index (χ0v) is 10.8. The highest BCUT2D eigenvalue weighted by molar-refractivity contribution is 14.1. The van der Waals surface area contributed by atoms with E-state index in [1.807, 2.05) is 0 Å². The average Bonchev–Trinajstić information content (AvgIpc) is 2.48. The maximum atomic E-state index is 2.68. The van der Waals surface area contributed by atoms with Crippen molar-refractivity contribution in [2.75, 3.05) is 0 Å². The second kappa shape index (κ2) is 4.08. The van der Waals surface area contributed by atoms with Gasteiger partial charge in [-0.25, -0.2) is 0 Å². The van der Waals surface area contributed by atoms with Crippen LogP contribution < -0.4 is 0 Å². The van der Waals surface area contributed by atoms with E-state index in [9.17, 15) is 0 Å². The van der Waals surface area contributed by atoms with E-state index in [1.165, 1.54) is 51.4 Å². The first-order valence-corrected chi connectivity index (χ1v) is 6.94.